The SMILES string of the molecule is CCCCn1c(=O)n(CCCc2nc(C(C)(C)c3cccc(F)c3F)no2)c(=O)c2[nH]c(Cl)nc21. The monoisotopic (exact) mass is 506 g/mol. The van der Waals surface area contributed by atoms with Crippen molar-refractivity contribution in [2.75, 3.05) is 0 Å². The summed E-state index contributed by atoms with van der Waals surface area (Å²) in [5, 5.41) is 3.99. The molecule has 0 bridgehead atoms. The molecule has 0 aliphatic rings. The number of nitrogens with one attached hydrogen (secondary N) is 1. The van der Waals surface area contributed by atoms with E-state index >= 15 is 0 Å². The second-order valence-corrected chi connectivity index (χ2v) is 9.17. The van der Waals surface area contributed by atoms with Crippen molar-refractivity contribution in [1.82, 2.24) is 29.2 Å². The van der Waals surface area contributed by atoms with E-state index < -0.39 is 28.3 Å². The standard InChI is InChI=1S/C23H25ClF2N6O3/c1-4-5-11-31-18-17(28-21(24)29-18)19(33)32(22(31)34)12-7-10-15-27-20(30-35-15)23(2,3)13-8-6-9-14(25)16(13)26/h6,8-9H,4-5,7,10-12H2,1-3H3,(H,28,29). The molecule has 4 rings (SSSR count). The van der Waals surface area contributed by atoms with Gasteiger partial charge in [-0.05, 0) is 44.4 Å². The molecule has 1 aromatic carbocycles. The molecular formula is C23H25ClF2N6O3. The second kappa shape index (κ2) is 9.73. The number of unbranched alkanes of at least 4 members (excludes halogenated alkanes) is 1. The van der Waals surface area contributed by atoms with Gasteiger partial charge in [0.25, 0.3) is 5.56 Å². The van der Waals surface area contributed by atoms with Gasteiger partial charge in [0, 0.05) is 25.1 Å². The first-order valence-corrected chi connectivity index (χ1v) is 11.7. The summed E-state index contributed by atoms with van der Waals surface area (Å²) in [6, 6.07) is 3.94. The van der Waals surface area contributed by atoms with Crippen LogP contribution in [0.15, 0.2) is 32.3 Å². The summed E-state index contributed by atoms with van der Waals surface area (Å²) in [4.78, 5) is 37.1. The predicted octanol–water partition coefficient (Wildman–Crippen LogP) is 3.96. The molecule has 0 atom stereocenters. The summed E-state index contributed by atoms with van der Waals surface area (Å²) in [7, 11) is 0. The molecule has 186 valence electrons. The number of fused-ring (bicyclic) bond motifs is 1. The Morgan fingerprint density at radius 1 is 1.11 bits per heavy atom. The lowest BCUT2D eigenvalue weighted by Gasteiger charge is -2.21. The van der Waals surface area contributed by atoms with Gasteiger partial charge < -0.3 is 9.51 Å². The molecule has 0 aliphatic carbocycles. The van der Waals surface area contributed by atoms with Gasteiger partial charge >= 0.3 is 5.69 Å². The summed E-state index contributed by atoms with van der Waals surface area (Å²) in [6.07, 6.45) is 2.23. The zero-order valence-electron chi connectivity index (χ0n) is 19.6. The third kappa shape index (κ3) is 4.64. The van der Waals surface area contributed by atoms with Crippen molar-refractivity contribution in [3.8, 4) is 0 Å². The van der Waals surface area contributed by atoms with E-state index in [2.05, 4.69) is 20.1 Å². The number of hydrogen-bond acceptors (Lipinski definition) is 6. The molecule has 12 heteroatoms. The summed E-state index contributed by atoms with van der Waals surface area (Å²) >= 11 is 5.95. The Hall–Kier alpha value is -3.34. The van der Waals surface area contributed by atoms with Crippen molar-refractivity contribution in [2.24, 2.45) is 0 Å². The number of aromatic nitrogens is 6. The maximum absolute atomic E-state index is 14.3. The van der Waals surface area contributed by atoms with Crippen LogP contribution in [0.25, 0.3) is 11.2 Å². The maximum atomic E-state index is 14.3. The van der Waals surface area contributed by atoms with Crippen LogP contribution in [0.3, 0.4) is 0 Å². The van der Waals surface area contributed by atoms with Gasteiger partial charge in [-0.3, -0.25) is 13.9 Å². The number of aromatic amines is 1. The number of imidazole rings is 1. The molecule has 0 saturated carbocycles. The third-order valence-electron chi connectivity index (χ3n) is 5.99. The Morgan fingerprint density at radius 2 is 1.86 bits per heavy atom. The maximum Gasteiger partial charge on any atom is 0.332 e. The first-order chi connectivity index (χ1) is 16.6. The quantitative estimate of drug-likeness (QED) is 0.344. The minimum atomic E-state index is -1.04. The Balaban J connectivity index is 1.54. The molecule has 0 unspecified atom stereocenters. The summed E-state index contributed by atoms with van der Waals surface area (Å²) < 4.78 is 35.9. The van der Waals surface area contributed by atoms with Crippen LogP contribution in [-0.2, 0) is 24.9 Å². The van der Waals surface area contributed by atoms with E-state index in [0.717, 1.165) is 23.5 Å². The largest absolute Gasteiger partial charge is 0.339 e. The van der Waals surface area contributed by atoms with Crippen molar-refractivity contribution in [1.29, 1.82) is 0 Å². The van der Waals surface area contributed by atoms with Crippen molar-refractivity contribution in [3.05, 3.63) is 73.2 Å². The first-order valence-electron chi connectivity index (χ1n) is 11.3. The highest BCUT2D eigenvalue weighted by atomic mass is 35.5. The van der Waals surface area contributed by atoms with Crippen LogP contribution in [0, 0.1) is 11.6 Å². The van der Waals surface area contributed by atoms with Crippen LogP contribution in [0.1, 0.15) is 57.3 Å². The van der Waals surface area contributed by atoms with Crippen molar-refractivity contribution in [2.45, 2.75) is 65.0 Å². The molecule has 3 heterocycles. The number of halogens is 3. The summed E-state index contributed by atoms with van der Waals surface area (Å²) in [5.74, 6) is -1.46. The summed E-state index contributed by atoms with van der Waals surface area (Å²) in [6.45, 7) is 5.85. The normalized spacial score (nSPS) is 12.1. The van der Waals surface area contributed by atoms with Crippen molar-refractivity contribution in [3.63, 3.8) is 0 Å². The first kappa shape index (κ1) is 24.8. The summed E-state index contributed by atoms with van der Waals surface area (Å²) in [5.41, 5.74) is -1.50. The number of aryl methyl sites for hydroxylation is 2. The fourth-order valence-electron chi connectivity index (χ4n) is 3.96. The third-order valence-corrected chi connectivity index (χ3v) is 6.17. The number of nitrogens with zero attached hydrogens (tertiary/aromatic N) is 5. The predicted molar refractivity (Wildman–Crippen MR) is 126 cm³/mol. The molecule has 9 nitrogen and oxygen atoms in total. The van der Waals surface area contributed by atoms with E-state index in [1.54, 1.807) is 13.8 Å². The minimum absolute atomic E-state index is 0.0373. The number of rotatable bonds is 9. The van der Waals surface area contributed by atoms with E-state index in [1.165, 1.54) is 16.7 Å². The van der Waals surface area contributed by atoms with Gasteiger partial charge in [0.2, 0.25) is 11.2 Å². The van der Waals surface area contributed by atoms with Gasteiger partial charge in [-0.15, -0.1) is 0 Å². The van der Waals surface area contributed by atoms with Crippen molar-refractivity contribution >= 4 is 22.8 Å². The van der Waals surface area contributed by atoms with Gasteiger partial charge in [-0.2, -0.15) is 9.97 Å². The number of H-pyrrole nitrogens is 1. The molecule has 0 fully saturated rings. The van der Waals surface area contributed by atoms with Crippen molar-refractivity contribution < 1.29 is 13.3 Å². The van der Waals surface area contributed by atoms with Crippen LogP contribution < -0.4 is 11.2 Å². The number of benzene rings is 1. The molecule has 0 saturated heterocycles. The van der Waals surface area contributed by atoms with Crippen LogP contribution in [-0.4, -0.2) is 29.2 Å². The average molecular weight is 507 g/mol. The highest BCUT2D eigenvalue weighted by Crippen LogP contribution is 2.32. The van der Waals surface area contributed by atoms with E-state index in [1.807, 2.05) is 6.92 Å². The molecule has 0 radical (unpaired) electrons. The zero-order valence-corrected chi connectivity index (χ0v) is 20.3. The molecular weight excluding hydrogens is 482 g/mol. The molecule has 1 N–H and O–H groups in total. The Labute approximate surface area is 203 Å². The topological polar surface area (TPSA) is 112 Å². The fourth-order valence-corrected chi connectivity index (χ4v) is 4.13. The zero-order chi connectivity index (χ0) is 25.3. The molecule has 0 amide bonds. The lowest BCUT2D eigenvalue weighted by molar-refractivity contribution is 0.358. The van der Waals surface area contributed by atoms with E-state index in [4.69, 9.17) is 16.1 Å². The Kier molecular flexibility index (Phi) is 6.88. The molecule has 4 aromatic rings. The van der Waals surface area contributed by atoms with E-state index in [0.29, 0.717) is 13.0 Å². The average Bonchev–Trinajstić information content (AvgIpc) is 3.45. The molecule has 35 heavy (non-hydrogen) atoms. The van der Waals surface area contributed by atoms with Gasteiger partial charge in [0.05, 0.1) is 5.41 Å². The van der Waals surface area contributed by atoms with Gasteiger partial charge in [-0.1, -0.05) is 30.6 Å². The van der Waals surface area contributed by atoms with Crippen LogP contribution in [0.2, 0.25) is 5.28 Å². The van der Waals surface area contributed by atoms with Crippen LogP contribution in [0.5, 0.6) is 0 Å². The second-order valence-electron chi connectivity index (χ2n) is 8.81. The molecule has 3 aromatic heterocycles. The fraction of sp³-hybridized carbons (Fsp3) is 0.435. The van der Waals surface area contributed by atoms with E-state index in [-0.39, 0.29) is 46.7 Å². The highest BCUT2D eigenvalue weighted by molar-refractivity contribution is 6.28. The van der Waals surface area contributed by atoms with Crippen LogP contribution in [0.4, 0.5) is 8.78 Å². The van der Waals surface area contributed by atoms with Gasteiger partial charge in [0.15, 0.2) is 28.6 Å². The molecule has 0 spiro atoms. The van der Waals surface area contributed by atoms with E-state index in [9.17, 15) is 18.4 Å². The Morgan fingerprint density at radius 3 is 2.60 bits per heavy atom. The smallest absolute Gasteiger partial charge is 0.332 e. The number of hydrogen-bond donors (Lipinski definition) is 1. The van der Waals surface area contributed by atoms with Gasteiger partial charge in [-0.25, -0.2) is 13.6 Å². The van der Waals surface area contributed by atoms with Gasteiger partial charge in [0.1, 0.15) is 0 Å². The lowest BCUT2D eigenvalue weighted by atomic mass is 9.83. The molecule has 0 aliphatic heterocycles. The Bertz CT molecular complexity index is 1490. The minimum Gasteiger partial charge on any atom is -0.339 e. The highest BCUT2D eigenvalue weighted by Gasteiger charge is 2.32. The lowest BCUT2D eigenvalue weighted by Crippen LogP contribution is -2.40. The van der Waals surface area contributed by atoms with Crippen LogP contribution >= 0.6 is 11.6 Å².